The fourth-order valence-corrected chi connectivity index (χ4v) is 3.41. The van der Waals surface area contributed by atoms with Gasteiger partial charge in [-0.3, -0.25) is 0 Å². The van der Waals surface area contributed by atoms with Gasteiger partial charge in [-0.15, -0.1) is 5.10 Å². The van der Waals surface area contributed by atoms with E-state index >= 15 is 0 Å². The Morgan fingerprint density at radius 1 is 0.966 bits per heavy atom. The molecule has 4 aromatic rings. The Morgan fingerprint density at radius 2 is 1.66 bits per heavy atom. The van der Waals surface area contributed by atoms with Crippen LogP contribution < -0.4 is 4.74 Å². The Labute approximate surface area is 177 Å². The van der Waals surface area contributed by atoms with Crippen molar-refractivity contribution in [2.45, 2.75) is 6.92 Å². The predicted molar refractivity (Wildman–Crippen MR) is 114 cm³/mol. The van der Waals surface area contributed by atoms with Gasteiger partial charge in [-0.2, -0.15) is 0 Å². The molecule has 0 aliphatic carbocycles. The van der Waals surface area contributed by atoms with E-state index in [1.807, 2.05) is 24.3 Å². The van der Waals surface area contributed by atoms with Crippen LogP contribution in [0.4, 0.5) is 0 Å². The summed E-state index contributed by atoms with van der Waals surface area (Å²) in [5.41, 5.74) is 2.09. The molecule has 146 valence electrons. The van der Waals surface area contributed by atoms with Crippen LogP contribution in [-0.4, -0.2) is 22.4 Å². The Morgan fingerprint density at radius 3 is 2.34 bits per heavy atom. The second-order valence-corrected chi connectivity index (χ2v) is 6.97. The van der Waals surface area contributed by atoms with Crippen molar-refractivity contribution in [3.8, 4) is 17.3 Å². The molecule has 0 radical (unpaired) electrons. The van der Waals surface area contributed by atoms with Crippen LogP contribution >= 0.6 is 23.2 Å². The highest BCUT2D eigenvalue weighted by Gasteiger charge is 2.17. The number of carbonyl (C=O) groups excluding carboxylic acids is 1. The van der Waals surface area contributed by atoms with Crippen molar-refractivity contribution in [2.75, 3.05) is 6.61 Å². The number of hydrogen-bond acceptors (Lipinski definition) is 4. The number of hydrogen-bond donors (Lipinski definition) is 0. The maximum atomic E-state index is 11.9. The molecule has 0 atom stereocenters. The lowest BCUT2D eigenvalue weighted by Crippen LogP contribution is -2.05. The number of para-hydroxylation sites is 2. The molecule has 29 heavy (non-hydrogen) atoms. The number of esters is 1. The third-order valence-corrected chi connectivity index (χ3v) is 4.89. The van der Waals surface area contributed by atoms with Crippen LogP contribution in [-0.2, 0) is 4.74 Å². The van der Waals surface area contributed by atoms with Gasteiger partial charge in [0.05, 0.1) is 38.8 Å². The number of halogens is 2. The summed E-state index contributed by atoms with van der Waals surface area (Å²) in [5, 5.41) is 6.21. The summed E-state index contributed by atoms with van der Waals surface area (Å²) in [6, 6.07) is 19.8. The SMILES string of the molecule is CCOC(=O)c1ccc(-n2nc(Oc3c(Cl)cccc3Cl)c3ccccc32)cc1. The van der Waals surface area contributed by atoms with E-state index in [0.29, 0.717) is 33.8 Å². The third-order valence-electron chi connectivity index (χ3n) is 4.29. The van der Waals surface area contributed by atoms with Gasteiger partial charge in [-0.1, -0.05) is 41.4 Å². The van der Waals surface area contributed by atoms with Crippen LogP contribution in [0.3, 0.4) is 0 Å². The van der Waals surface area contributed by atoms with Crippen molar-refractivity contribution < 1.29 is 14.3 Å². The number of rotatable bonds is 5. The van der Waals surface area contributed by atoms with Gasteiger partial charge in [0.1, 0.15) is 0 Å². The molecular formula is C22H16Cl2N2O3. The topological polar surface area (TPSA) is 53.4 Å². The average molecular weight is 427 g/mol. The first-order chi connectivity index (χ1) is 14.1. The lowest BCUT2D eigenvalue weighted by Gasteiger charge is -2.07. The zero-order valence-corrected chi connectivity index (χ0v) is 16.9. The highest BCUT2D eigenvalue weighted by Crippen LogP contribution is 2.38. The number of carbonyl (C=O) groups is 1. The van der Waals surface area contributed by atoms with Crippen molar-refractivity contribution in [1.29, 1.82) is 0 Å². The molecule has 0 aliphatic heterocycles. The molecule has 1 heterocycles. The van der Waals surface area contributed by atoms with Crippen molar-refractivity contribution in [2.24, 2.45) is 0 Å². The molecule has 0 spiro atoms. The number of nitrogens with zero attached hydrogens (tertiary/aromatic N) is 2. The summed E-state index contributed by atoms with van der Waals surface area (Å²) in [6.45, 7) is 2.10. The highest BCUT2D eigenvalue weighted by atomic mass is 35.5. The standard InChI is InChI=1S/C22H16Cl2N2O3/c1-2-28-22(27)14-10-12-15(13-11-14)26-19-9-4-3-6-16(19)21(25-26)29-20-17(23)7-5-8-18(20)24/h3-13H,2H2,1H3. The second kappa shape index (κ2) is 8.15. The van der Waals surface area contributed by atoms with Crippen molar-refractivity contribution in [1.82, 2.24) is 9.78 Å². The molecule has 0 N–H and O–H groups in total. The Balaban J connectivity index is 1.76. The van der Waals surface area contributed by atoms with Crippen molar-refractivity contribution in [3.05, 3.63) is 82.3 Å². The lowest BCUT2D eigenvalue weighted by molar-refractivity contribution is 0.0526. The Kier molecular flexibility index (Phi) is 5.43. The van der Waals surface area contributed by atoms with Gasteiger partial charge in [0.2, 0.25) is 5.88 Å². The van der Waals surface area contributed by atoms with E-state index in [1.54, 1.807) is 54.1 Å². The Bertz CT molecular complexity index is 1170. The molecule has 3 aromatic carbocycles. The zero-order chi connectivity index (χ0) is 20.4. The fraction of sp³-hybridized carbons (Fsp3) is 0.0909. The molecule has 0 saturated heterocycles. The summed E-state index contributed by atoms with van der Waals surface area (Å²) < 4.78 is 12.8. The van der Waals surface area contributed by atoms with Crippen molar-refractivity contribution in [3.63, 3.8) is 0 Å². The first-order valence-electron chi connectivity index (χ1n) is 8.95. The van der Waals surface area contributed by atoms with Crippen molar-refractivity contribution >= 4 is 40.1 Å². The molecule has 4 rings (SSSR count). The summed E-state index contributed by atoms with van der Waals surface area (Å²) in [6.07, 6.45) is 0. The van der Waals surface area contributed by atoms with Gasteiger partial charge in [0.15, 0.2) is 5.75 Å². The van der Waals surface area contributed by atoms with Gasteiger partial charge in [0, 0.05) is 0 Å². The van der Waals surface area contributed by atoms with Gasteiger partial charge < -0.3 is 9.47 Å². The minimum absolute atomic E-state index is 0.329. The van der Waals surface area contributed by atoms with Crippen LogP contribution in [0.5, 0.6) is 11.6 Å². The molecule has 5 nitrogen and oxygen atoms in total. The van der Waals surface area contributed by atoms with E-state index < -0.39 is 0 Å². The van der Waals surface area contributed by atoms with Crippen LogP contribution in [0.25, 0.3) is 16.6 Å². The molecule has 0 fully saturated rings. The van der Waals surface area contributed by atoms with Gasteiger partial charge >= 0.3 is 5.97 Å². The molecule has 0 amide bonds. The van der Waals surface area contributed by atoms with E-state index in [0.717, 1.165) is 16.6 Å². The zero-order valence-electron chi connectivity index (χ0n) is 15.4. The predicted octanol–water partition coefficient (Wildman–Crippen LogP) is 6.30. The molecule has 0 bridgehead atoms. The molecule has 7 heteroatoms. The summed E-state index contributed by atoms with van der Waals surface area (Å²) in [5.74, 6) is 0.371. The molecular weight excluding hydrogens is 411 g/mol. The molecule has 1 aromatic heterocycles. The van der Waals surface area contributed by atoms with Gasteiger partial charge in [-0.25, -0.2) is 9.48 Å². The summed E-state index contributed by atoms with van der Waals surface area (Å²) in [7, 11) is 0. The number of aromatic nitrogens is 2. The molecule has 0 unspecified atom stereocenters. The first kappa shape index (κ1) is 19.3. The Hall–Kier alpha value is -3.02. The summed E-state index contributed by atoms with van der Waals surface area (Å²) >= 11 is 12.5. The van der Waals surface area contributed by atoms with E-state index in [4.69, 9.17) is 32.7 Å². The van der Waals surface area contributed by atoms with E-state index in [-0.39, 0.29) is 5.97 Å². The van der Waals surface area contributed by atoms with E-state index in [9.17, 15) is 4.79 Å². The number of fused-ring (bicyclic) bond motifs is 1. The van der Waals surface area contributed by atoms with Crippen LogP contribution in [0.2, 0.25) is 10.0 Å². The molecule has 0 saturated carbocycles. The quantitative estimate of drug-likeness (QED) is 0.351. The number of benzene rings is 3. The maximum Gasteiger partial charge on any atom is 0.338 e. The second-order valence-electron chi connectivity index (χ2n) is 6.15. The highest BCUT2D eigenvalue weighted by molar-refractivity contribution is 6.37. The maximum absolute atomic E-state index is 11.9. The largest absolute Gasteiger partial charge is 0.462 e. The van der Waals surface area contributed by atoms with Crippen LogP contribution in [0, 0.1) is 0 Å². The third kappa shape index (κ3) is 3.79. The van der Waals surface area contributed by atoms with E-state index in [1.165, 1.54) is 0 Å². The minimum Gasteiger partial charge on any atom is -0.462 e. The summed E-state index contributed by atoms with van der Waals surface area (Å²) in [4.78, 5) is 11.9. The number of ether oxygens (including phenoxy) is 2. The lowest BCUT2D eigenvalue weighted by atomic mass is 10.2. The minimum atomic E-state index is -0.359. The van der Waals surface area contributed by atoms with Crippen LogP contribution in [0.1, 0.15) is 17.3 Å². The van der Waals surface area contributed by atoms with Gasteiger partial charge in [0.25, 0.3) is 0 Å². The first-order valence-corrected chi connectivity index (χ1v) is 9.71. The monoisotopic (exact) mass is 426 g/mol. The van der Waals surface area contributed by atoms with E-state index in [2.05, 4.69) is 5.10 Å². The normalized spacial score (nSPS) is 10.9. The fourth-order valence-electron chi connectivity index (χ4n) is 2.94. The molecule has 0 aliphatic rings. The average Bonchev–Trinajstić information content (AvgIpc) is 3.10. The smallest absolute Gasteiger partial charge is 0.338 e. The van der Waals surface area contributed by atoms with Crippen LogP contribution in [0.15, 0.2) is 66.7 Å². The van der Waals surface area contributed by atoms with Gasteiger partial charge in [-0.05, 0) is 55.5 Å².